The van der Waals surface area contributed by atoms with E-state index in [0.29, 0.717) is 16.6 Å². The highest BCUT2D eigenvalue weighted by Crippen LogP contribution is 2.24. The molecule has 1 atom stereocenters. The van der Waals surface area contributed by atoms with Crippen molar-refractivity contribution in [2.24, 2.45) is 4.36 Å². The zero-order chi connectivity index (χ0) is 20.4. The quantitative estimate of drug-likeness (QED) is 0.613. The molecule has 3 rings (SSSR count). The number of aromatic nitrogens is 2. The second-order valence-corrected chi connectivity index (χ2v) is 8.28. The number of nitrogens with zero attached hydrogens (tertiary/aromatic N) is 3. The van der Waals surface area contributed by atoms with Gasteiger partial charge in [-0.15, -0.1) is 13.2 Å². The lowest BCUT2D eigenvalue weighted by Gasteiger charge is -2.10. The van der Waals surface area contributed by atoms with Crippen LogP contribution in [0.4, 0.5) is 13.2 Å². The first-order valence-electron chi connectivity index (χ1n) is 8.06. The molecule has 148 valence electrons. The summed E-state index contributed by atoms with van der Waals surface area (Å²) in [6, 6.07) is 12.1. The molecule has 10 heteroatoms. The lowest BCUT2D eigenvalue weighted by Crippen LogP contribution is -2.17. The fraction of sp³-hybridized carbons (Fsp3) is 0.222. The molecule has 0 fully saturated rings. The van der Waals surface area contributed by atoms with Crippen molar-refractivity contribution >= 4 is 9.73 Å². The molecule has 0 saturated carbocycles. The van der Waals surface area contributed by atoms with Crippen molar-refractivity contribution in [1.29, 1.82) is 0 Å². The molecule has 1 unspecified atom stereocenters. The highest BCUT2D eigenvalue weighted by molar-refractivity contribution is 7.93. The fourth-order valence-corrected chi connectivity index (χ4v) is 3.53. The maximum atomic E-state index is 12.8. The molecule has 0 aliphatic rings. The molecule has 0 spiro atoms. The molecule has 0 aliphatic carbocycles. The van der Waals surface area contributed by atoms with E-state index in [4.69, 9.17) is 4.52 Å². The number of benzene rings is 2. The normalized spacial score (nSPS) is 13.8. The Labute approximate surface area is 159 Å². The molecule has 0 saturated heterocycles. The van der Waals surface area contributed by atoms with E-state index in [0.717, 1.165) is 23.3 Å². The van der Waals surface area contributed by atoms with Crippen molar-refractivity contribution < 1.29 is 26.6 Å². The number of ether oxygens (including phenoxy) is 1. The maximum absolute atomic E-state index is 12.8. The van der Waals surface area contributed by atoms with Gasteiger partial charge in [0.2, 0.25) is 11.7 Å². The SMILES string of the molecule is Cc1nc(-c2ccc(CN=S(C)(=O)c3ccc(OC(F)(F)F)cc3)cc2)no1. The maximum Gasteiger partial charge on any atom is 0.573 e. The van der Waals surface area contributed by atoms with E-state index >= 15 is 0 Å². The Balaban J connectivity index is 1.72. The second kappa shape index (κ2) is 7.63. The van der Waals surface area contributed by atoms with Gasteiger partial charge in [0, 0.05) is 23.6 Å². The van der Waals surface area contributed by atoms with Crippen molar-refractivity contribution in [1.82, 2.24) is 10.1 Å². The smallest absolute Gasteiger partial charge is 0.406 e. The van der Waals surface area contributed by atoms with Gasteiger partial charge in [0.15, 0.2) is 0 Å². The van der Waals surface area contributed by atoms with Crippen molar-refractivity contribution in [2.45, 2.75) is 24.7 Å². The Morgan fingerprint density at radius 2 is 1.75 bits per heavy atom. The lowest BCUT2D eigenvalue weighted by molar-refractivity contribution is -0.274. The van der Waals surface area contributed by atoms with Gasteiger partial charge in [-0.3, -0.25) is 0 Å². The molecular weight excluding hydrogens is 395 g/mol. The van der Waals surface area contributed by atoms with Gasteiger partial charge in [0.25, 0.3) is 0 Å². The molecule has 0 aliphatic heterocycles. The summed E-state index contributed by atoms with van der Waals surface area (Å²) in [5.74, 6) is 0.562. The minimum Gasteiger partial charge on any atom is -0.406 e. The Hall–Kier alpha value is -2.88. The van der Waals surface area contributed by atoms with Crippen LogP contribution in [0.1, 0.15) is 11.5 Å². The number of halogens is 3. The topological polar surface area (TPSA) is 77.6 Å². The lowest BCUT2D eigenvalue weighted by atomic mass is 10.1. The first-order chi connectivity index (χ1) is 13.1. The number of aryl methyl sites for hydroxylation is 1. The van der Waals surface area contributed by atoms with Crippen LogP contribution < -0.4 is 4.74 Å². The number of alkyl halides is 3. The molecule has 3 aromatic rings. The molecule has 2 aromatic carbocycles. The van der Waals surface area contributed by atoms with Gasteiger partial charge in [-0.25, -0.2) is 8.57 Å². The number of hydrogen-bond acceptors (Lipinski definition) is 6. The van der Waals surface area contributed by atoms with Crippen LogP contribution in [-0.4, -0.2) is 27.0 Å². The van der Waals surface area contributed by atoms with Crippen molar-refractivity contribution in [2.75, 3.05) is 6.26 Å². The van der Waals surface area contributed by atoms with Crippen LogP contribution in [0.2, 0.25) is 0 Å². The zero-order valence-corrected chi connectivity index (χ0v) is 15.8. The monoisotopic (exact) mass is 411 g/mol. The third-order valence-electron chi connectivity index (χ3n) is 3.73. The fourth-order valence-electron chi connectivity index (χ4n) is 2.34. The Morgan fingerprint density at radius 1 is 1.11 bits per heavy atom. The second-order valence-electron chi connectivity index (χ2n) is 5.94. The Bertz CT molecular complexity index is 1070. The van der Waals surface area contributed by atoms with Crippen molar-refractivity contribution in [3.05, 3.63) is 60.0 Å². The predicted molar refractivity (Wildman–Crippen MR) is 96.1 cm³/mol. The van der Waals surface area contributed by atoms with Gasteiger partial charge in [-0.1, -0.05) is 29.4 Å². The largest absolute Gasteiger partial charge is 0.573 e. The van der Waals surface area contributed by atoms with Crippen LogP contribution in [-0.2, 0) is 16.3 Å². The summed E-state index contributed by atoms with van der Waals surface area (Å²) in [7, 11) is -2.78. The Kier molecular flexibility index (Phi) is 5.41. The molecule has 0 amide bonds. The zero-order valence-electron chi connectivity index (χ0n) is 14.9. The summed E-state index contributed by atoms with van der Waals surface area (Å²) in [6.45, 7) is 1.88. The van der Waals surface area contributed by atoms with E-state index < -0.39 is 16.1 Å². The van der Waals surface area contributed by atoms with Gasteiger partial charge >= 0.3 is 6.36 Å². The number of hydrogen-bond donors (Lipinski definition) is 0. The van der Waals surface area contributed by atoms with Gasteiger partial charge in [-0.2, -0.15) is 4.98 Å². The van der Waals surface area contributed by atoms with Crippen LogP contribution in [0.25, 0.3) is 11.4 Å². The van der Waals surface area contributed by atoms with Gasteiger partial charge in [0.1, 0.15) is 5.75 Å². The summed E-state index contributed by atoms with van der Waals surface area (Å²) in [6.07, 6.45) is -3.34. The summed E-state index contributed by atoms with van der Waals surface area (Å²) in [5, 5.41) is 3.83. The van der Waals surface area contributed by atoms with Crippen LogP contribution in [0.3, 0.4) is 0 Å². The van der Waals surface area contributed by atoms with E-state index in [-0.39, 0.29) is 12.3 Å². The summed E-state index contributed by atoms with van der Waals surface area (Å²) < 4.78 is 62.4. The third-order valence-corrected chi connectivity index (χ3v) is 5.50. The van der Waals surface area contributed by atoms with E-state index in [2.05, 4.69) is 19.2 Å². The van der Waals surface area contributed by atoms with E-state index in [1.807, 2.05) is 0 Å². The van der Waals surface area contributed by atoms with Gasteiger partial charge in [-0.05, 0) is 29.8 Å². The molecule has 0 bridgehead atoms. The highest BCUT2D eigenvalue weighted by atomic mass is 32.2. The molecule has 1 aromatic heterocycles. The molecular formula is C18H16F3N3O3S. The van der Waals surface area contributed by atoms with Gasteiger partial charge < -0.3 is 9.26 Å². The van der Waals surface area contributed by atoms with E-state index in [1.54, 1.807) is 31.2 Å². The summed E-state index contributed by atoms with van der Waals surface area (Å²) >= 11 is 0. The predicted octanol–water partition coefficient (Wildman–Crippen LogP) is 4.60. The molecule has 28 heavy (non-hydrogen) atoms. The Morgan fingerprint density at radius 3 is 2.29 bits per heavy atom. The van der Waals surface area contributed by atoms with Crippen LogP contribution in [0.5, 0.6) is 5.75 Å². The van der Waals surface area contributed by atoms with Crippen molar-refractivity contribution in [3.63, 3.8) is 0 Å². The minimum absolute atomic E-state index is 0.182. The van der Waals surface area contributed by atoms with Crippen molar-refractivity contribution in [3.8, 4) is 17.1 Å². The average Bonchev–Trinajstić information content (AvgIpc) is 3.06. The summed E-state index contributed by atoms with van der Waals surface area (Å²) in [5.41, 5.74) is 1.59. The van der Waals surface area contributed by atoms with Crippen LogP contribution in [0, 0.1) is 6.92 Å². The highest BCUT2D eigenvalue weighted by Gasteiger charge is 2.31. The average molecular weight is 411 g/mol. The standard InChI is InChI=1S/C18H16F3N3O3S/c1-12-23-17(24-27-12)14-5-3-13(4-6-14)11-22-28(2,25)16-9-7-15(8-10-16)26-18(19,20)21/h3-10H,11H2,1-2H3. The molecule has 1 heterocycles. The molecule has 6 nitrogen and oxygen atoms in total. The first kappa shape index (κ1) is 19.9. The van der Waals surface area contributed by atoms with Gasteiger partial charge in [0.05, 0.1) is 16.3 Å². The molecule has 0 radical (unpaired) electrons. The van der Waals surface area contributed by atoms with E-state index in [9.17, 15) is 17.4 Å². The van der Waals surface area contributed by atoms with Crippen LogP contribution in [0.15, 0.2) is 62.3 Å². The van der Waals surface area contributed by atoms with Crippen LogP contribution >= 0.6 is 0 Å². The first-order valence-corrected chi connectivity index (χ1v) is 9.98. The third kappa shape index (κ3) is 5.10. The minimum atomic E-state index is -4.77. The van der Waals surface area contributed by atoms with E-state index in [1.165, 1.54) is 18.4 Å². The molecule has 0 N–H and O–H groups in total. The number of rotatable bonds is 5. The summed E-state index contributed by atoms with van der Waals surface area (Å²) in [4.78, 5) is 4.46.